The van der Waals surface area contributed by atoms with Crippen LogP contribution in [-0.2, 0) is 11.3 Å². The molecule has 104 valence electrons. The molecule has 1 aromatic rings. The summed E-state index contributed by atoms with van der Waals surface area (Å²) in [6.45, 7) is 2.69. The van der Waals surface area contributed by atoms with E-state index in [2.05, 4.69) is 17.4 Å². The Bertz CT molecular complexity index is 430. The number of ether oxygens (including phenoxy) is 1. The van der Waals surface area contributed by atoms with Crippen LogP contribution in [-0.4, -0.2) is 24.5 Å². The van der Waals surface area contributed by atoms with Crippen LogP contribution in [0.15, 0.2) is 23.1 Å². The number of thioether (sulfide) groups is 1. The average molecular weight is 298 g/mol. The van der Waals surface area contributed by atoms with Gasteiger partial charge in [-0.15, -0.1) is 11.8 Å². The lowest BCUT2D eigenvalue weighted by Gasteiger charge is -2.23. The number of benzene rings is 1. The van der Waals surface area contributed by atoms with Gasteiger partial charge in [-0.3, -0.25) is 0 Å². The minimum atomic E-state index is 0.673. The summed E-state index contributed by atoms with van der Waals surface area (Å²) in [6, 6.07) is 6.98. The van der Waals surface area contributed by atoms with Gasteiger partial charge in [0, 0.05) is 41.0 Å². The summed E-state index contributed by atoms with van der Waals surface area (Å²) in [4.78, 5) is 1.34. The second-order valence-corrected chi connectivity index (χ2v) is 7.05. The summed E-state index contributed by atoms with van der Waals surface area (Å²) in [6.07, 6.45) is 4.92. The maximum atomic E-state index is 6.37. The SMILES string of the molecule is Clc1cccc(SC2CCOCC2)c1CNC1CC1. The molecule has 1 aliphatic carbocycles. The molecule has 1 heterocycles. The summed E-state index contributed by atoms with van der Waals surface area (Å²) in [5.41, 5.74) is 1.27. The fourth-order valence-electron chi connectivity index (χ4n) is 2.33. The Morgan fingerprint density at radius 3 is 2.74 bits per heavy atom. The van der Waals surface area contributed by atoms with Crippen LogP contribution in [0.2, 0.25) is 5.02 Å². The van der Waals surface area contributed by atoms with Gasteiger partial charge in [0.1, 0.15) is 0 Å². The van der Waals surface area contributed by atoms with E-state index >= 15 is 0 Å². The minimum absolute atomic E-state index is 0.673. The third-order valence-corrected chi connectivity index (χ3v) is 5.48. The lowest BCUT2D eigenvalue weighted by atomic mass is 10.2. The highest BCUT2D eigenvalue weighted by atomic mass is 35.5. The standard InChI is InChI=1S/C15H20ClNOS/c16-14-2-1-3-15(13(14)10-17-11-4-5-11)19-12-6-8-18-9-7-12/h1-3,11-12,17H,4-10H2. The number of nitrogens with one attached hydrogen (secondary N) is 1. The van der Waals surface area contributed by atoms with Crippen LogP contribution < -0.4 is 5.32 Å². The van der Waals surface area contributed by atoms with Crippen LogP contribution in [0.4, 0.5) is 0 Å². The van der Waals surface area contributed by atoms with Gasteiger partial charge < -0.3 is 10.1 Å². The van der Waals surface area contributed by atoms with E-state index in [-0.39, 0.29) is 0 Å². The van der Waals surface area contributed by atoms with Crippen LogP contribution in [0, 0.1) is 0 Å². The molecule has 0 unspecified atom stereocenters. The Morgan fingerprint density at radius 2 is 2.00 bits per heavy atom. The van der Waals surface area contributed by atoms with Gasteiger partial charge in [0.2, 0.25) is 0 Å². The number of hydrogen-bond acceptors (Lipinski definition) is 3. The molecule has 0 radical (unpaired) electrons. The molecule has 1 aliphatic heterocycles. The van der Waals surface area contributed by atoms with Crippen LogP contribution in [0.1, 0.15) is 31.2 Å². The maximum Gasteiger partial charge on any atom is 0.0476 e. The predicted octanol–water partition coefficient (Wildman–Crippen LogP) is 3.86. The summed E-state index contributed by atoms with van der Waals surface area (Å²) < 4.78 is 5.43. The molecular weight excluding hydrogens is 278 g/mol. The van der Waals surface area contributed by atoms with Crippen molar-refractivity contribution in [1.82, 2.24) is 5.32 Å². The van der Waals surface area contributed by atoms with Crippen LogP contribution in [0.25, 0.3) is 0 Å². The zero-order valence-electron chi connectivity index (χ0n) is 11.0. The third kappa shape index (κ3) is 3.88. The molecule has 1 aromatic carbocycles. The number of hydrogen-bond donors (Lipinski definition) is 1. The van der Waals surface area contributed by atoms with Crippen LogP contribution in [0.5, 0.6) is 0 Å². The Labute approximate surface area is 124 Å². The molecule has 0 atom stereocenters. The second-order valence-electron chi connectivity index (χ2n) is 5.30. The van der Waals surface area contributed by atoms with E-state index in [0.29, 0.717) is 5.25 Å². The molecule has 19 heavy (non-hydrogen) atoms. The molecule has 2 aliphatic rings. The van der Waals surface area contributed by atoms with Crippen molar-refractivity contribution in [3.63, 3.8) is 0 Å². The molecule has 2 nitrogen and oxygen atoms in total. The highest BCUT2D eigenvalue weighted by molar-refractivity contribution is 8.00. The molecule has 0 aromatic heterocycles. The van der Waals surface area contributed by atoms with Crippen molar-refractivity contribution in [2.45, 2.75) is 48.4 Å². The van der Waals surface area contributed by atoms with E-state index < -0.39 is 0 Å². The third-order valence-electron chi connectivity index (χ3n) is 3.68. The van der Waals surface area contributed by atoms with Gasteiger partial charge in [0.15, 0.2) is 0 Å². The summed E-state index contributed by atoms with van der Waals surface area (Å²) in [5.74, 6) is 0. The van der Waals surface area contributed by atoms with Crippen molar-refractivity contribution in [2.75, 3.05) is 13.2 Å². The van der Waals surface area contributed by atoms with Crippen molar-refractivity contribution >= 4 is 23.4 Å². The number of rotatable bonds is 5. The van der Waals surface area contributed by atoms with Gasteiger partial charge in [-0.25, -0.2) is 0 Å². The fraction of sp³-hybridized carbons (Fsp3) is 0.600. The van der Waals surface area contributed by atoms with Crippen LogP contribution >= 0.6 is 23.4 Å². The fourth-order valence-corrected chi connectivity index (χ4v) is 3.89. The van der Waals surface area contributed by atoms with Gasteiger partial charge >= 0.3 is 0 Å². The zero-order chi connectivity index (χ0) is 13.1. The van der Waals surface area contributed by atoms with Crippen molar-refractivity contribution in [3.8, 4) is 0 Å². The van der Waals surface area contributed by atoms with Crippen molar-refractivity contribution in [3.05, 3.63) is 28.8 Å². The lowest BCUT2D eigenvalue weighted by molar-refractivity contribution is 0.1000. The monoisotopic (exact) mass is 297 g/mol. The molecular formula is C15H20ClNOS. The second kappa shape index (κ2) is 6.49. The van der Waals surface area contributed by atoms with E-state index in [0.717, 1.165) is 43.7 Å². The molecule has 0 bridgehead atoms. The maximum absolute atomic E-state index is 6.37. The molecule has 2 fully saturated rings. The Morgan fingerprint density at radius 1 is 1.21 bits per heavy atom. The highest BCUT2D eigenvalue weighted by Crippen LogP contribution is 2.35. The summed E-state index contributed by atoms with van der Waals surface area (Å²) in [7, 11) is 0. The van der Waals surface area contributed by atoms with Crippen molar-refractivity contribution < 1.29 is 4.74 Å². The van der Waals surface area contributed by atoms with Gasteiger partial charge in [-0.05, 0) is 43.4 Å². The van der Waals surface area contributed by atoms with E-state index in [4.69, 9.17) is 16.3 Å². The normalized spacial score (nSPS) is 20.7. The first-order valence-corrected chi connectivity index (χ1v) is 8.34. The lowest BCUT2D eigenvalue weighted by Crippen LogP contribution is -2.19. The Hall–Kier alpha value is -0.220. The zero-order valence-corrected chi connectivity index (χ0v) is 12.6. The summed E-state index contributed by atoms with van der Waals surface area (Å²) in [5, 5.41) is 5.14. The molecule has 4 heteroatoms. The quantitative estimate of drug-likeness (QED) is 0.891. The van der Waals surface area contributed by atoms with Gasteiger partial charge in [0.25, 0.3) is 0 Å². The van der Waals surface area contributed by atoms with Crippen LogP contribution in [0.3, 0.4) is 0 Å². The van der Waals surface area contributed by atoms with Gasteiger partial charge in [-0.1, -0.05) is 17.7 Å². The number of halogens is 1. The minimum Gasteiger partial charge on any atom is -0.381 e. The molecule has 1 saturated carbocycles. The molecule has 0 amide bonds. The topological polar surface area (TPSA) is 21.3 Å². The van der Waals surface area contributed by atoms with Crippen molar-refractivity contribution in [2.24, 2.45) is 0 Å². The van der Waals surface area contributed by atoms with E-state index in [1.165, 1.54) is 23.3 Å². The molecule has 0 spiro atoms. The van der Waals surface area contributed by atoms with Crippen molar-refractivity contribution in [1.29, 1.82) is 0 Å². The molecule has 1 saturated heterocycles. The first-order chi connectivity index (χ1) is 9.33. The van der Waals surface area contributed by atoms with Gasteiger partial charge in [0.05, 0.1) is 0 Å². The van der Waals surface area contributed by atoms with E-state index in [9.17, 15) is 0 Å². The molecule has 3 rings (SSSR count). The predicted molar refractivity (Wildman–Crippen MR) is 81.0 cm³/mol. The summed E-state index contributed by atoms with van der Waals surface area (Å²) >= 11 is 8.35. The Balaban J connectivity index is 1.68. The first-order valence-electron chi connectivity index (χ1n) is 7.08. The largest absolute Gasteiger partial charge is 0.381 e. The smallest absolute Gasteiger partial charge is 0.0476 e. The van der Waals surface area contributed by atoms with E-state index in [1.54, 1.807) is 0 Å². The highest BCUT2D eigenvalue weighted by Gasteiger charge is 2.22. The Kier molecular flexibility index (Phi) is 4.69. The van der Waals surface area contributed by atoms with E-state index in [1.807, 2.05) is 17.8 Å². The van der Waals surface area contributed by atoms with Gasteiger partial charge in [-0.2, -0.15) is 0 Å². The first kappa shape index (κ1) is 13.7. The average Bonchev–Trinajstić information content (AvgIpc) is 3.23. The molecule has 1 N–H and O–H groups in total.